The van der Waals surface area contributed by atoms with Crippen molar-refractivity contribution in [2.45, 2.75) is 55.4 Å². The summed E-state index contributed by atoms with van der Waals surface area (Å²) in [6.45, 7) is 28.4. The molecule has 0 spiro atoms. The maximum absolute atomic E-state index is 8.33. The zero-order chi connectivity index (χ0) is 29.8. The quantitative estimate of drug-likeness (QED) is 0.105. The van der Waals surface area contributed by atoms with Gasteiger partial charge in [0.2, 0.25) is 0 Å². The minimum absolute atomic E-state index is 0.109. The fourth-order valence-electron chi connectivity index (χ4n) is 2.89. The molecule has 0 amide bonds. The van der Waals surface area contributed by atoms with E-state index < -0.39 is 0 Å². The summed E-state index contributed by atoms with van der Waals surface area (Å²) in [6, 6.07) is 3.17. The molecule has 0 aliphatic heterocycles. The molecule has 0 heterocycles. The summed E-state index contributed by atoms with van der Waals surface area (Å²) in [6.07, 6.45) is 0. The van der Waals surface area contributed by atoms with Crippen molar-refractivity contribution in [3.05, 3.63) is 20.6 Å². The van der Waals surface area contributed by atoms with Crippen molar-refractivity contribution in [3.8, 4) is 12.1 Å². The molecule has 0 aromatic carbocycles. The van der Waals surface area contributed by atoms with Gasteiger partial charge in [0.25, 0.3) is 0 Å². The molecule has 0 atom stereocenters. The Morgan fingerprint density at radius 1 is 0.639 bits per heavy atom. The van der Waals surface area contributed by atoms with Crippen LogP contribution >= 0.6 is 24.4 Å². The molecule has 0 N–H and O–H groups in total. The van der Waals surface area contributed by atoms with Crippen molar-refractivity contribution in [2.75, 3.05) is 52.4 Å². The Morgan fingerprint density at radius 2 is 0.806 bits per heavy atom. The molecular formula is C24H40N6OS4W-2. The third-order valence-corrected chi connectivity index (χ3v) is 7.63. The molecule has 0 aromatic heterocycles. The number of quaternary nitrogens is 2. The molecule has 0 unspecified atom stereocenters. The second-order valence-corrected chi connectivity index (χ2v) is 8.61. The van der Waals surface area contributed by atoms with E-state index in [-0.39, 0.29) is 19.5 Å². The summed E-state index contributed by atoms with van der Waals surface area (Å²) >= 11 is 17.7. The van der Waals surface area contributed by atoms with Gasteiger partial charge in [0, 0.05) is 0 Å². The number of nitrogens with zero attached hydrogens (tertiary/aromatic N) is 6. The zero-order valence-corrected chi connectivity index (χ0v) is 29.0. The van der Waals surface area contributed by atoms with Gasteiger partial charge in [-0.2, -0.15) is 10.5 Å². The van der Waals surface area contributed by atoms with Crippen LogP contribution in [-0.4, -0.2) is 82.8 Å². The fourth-order valence-corrected chi connectivity index (χ4v) is 3.07. The first-order chi connectivity index (χ1) is 16.9. The van der Waals surface area contributed by atoms with E-state index in [0.29, 0.717) is 19.8 Å². The van der Waals surface area contributed by atoms with Gasteiger partial charge in [0.05, 0.1) is 52.4 Å². The Kier molecular flexibility index (Phi) is 37.6. The third kappa shape index (κ3) is 22.1. The van der Waals surface area contributed by atoms with E-state index in [0.717, 1.165) is 0 Å². The van der Waals surface area contributed by atoms with Crippen LogP contribution in [0.25, 0.3) is 10.8 Å². The molecule has 0 fully saturated rings. The van der Waals surface area contributed by atoms with E-state index in [4.69, 9.17) is 24.7 Å². The van der Waals surface area contributed by atoms with E-state index in [1.54, 1.807) is 23.9 Å². The first kappa shape index (κ1) is 44.9. The monoisotopic (exact) mass is 740 g/mol. The average Bonchev–Trinajstić information content (AvgIpc) is 2.96. The topological polar surface area (TPSA) is 109 Å². The average molecular weight is 741 g/mol. The summed E-state index contributed by atoms with van der Waals surface area (Å²) < 4.78 is 10.9. The van der Waals surface area contributed by atoms with Gasteiger partial charge >= 0.3 is 23.2 Å². The van der Waals surface area contributed by atoms with Crippen molar-refractivity contribution in [3.63, 3.8) is 0 Å². The molecular weight excluding hydrogens is 700 g/mol. The van der Waals surface area contributed by atoms with Gasteiger partial charge in [0.15, 0.2) is 0 Å². The Labute approximate surface area is 252 Å². The number of rotatable bonds is 10. The van der Waals surface area contributed by atoms with Gasteiger partial charge in [-0.15, -0.1) is 9.81 Å². The van der Waals surface area contributed by atoms with E-state index in [1.165, 1.54) is 61.3 Å². The molecule has 7 nitrogen and oxygen atoms in total. The predicted molar refractivity (Wildman–Crippen MR) is 160 cm³/mol. The van der Waals surface area contributed by atoms with Crippen LogP contribution < -0.4 is 0 Å². The first-order valence-electron chi connectivity index (χ1n) is 11.6. The fraction of sp³-hybridized carbons (Fsp3) is 0.667. The molecule has 0 rings (SSSR count). The van der Waals surface area contributed by atoms with Gasteiger partial charge in [-0.1, -0.05) is 24.4 Å². The molecule has 12 heteroatoms. The third-order valence-electron chi connectivity index (χ3n) is 6.19. The second-order valence-electron chi connectivity index (χ2n) is 6.98. The molecule has 0 radical (unpaired) electrons. The summed E-state index contributed by atoms with van der Waals surface area (Å²) in [5.41, 5.74) is 0. The van der Waals surface area contributed by atoms with Crippen molar-refractivity contribution >= 4 is 71.2 Å². The van der Waals surface area contributed by atoms with Gasteiger partial charge < -0.3 is 45.0 Å². The van der Waals surface area contributed by atoms with Gasteiger partial charge in [-0.25, -0.2) is 0 Å². The molecule has 0 aliphatic carbocycles. The summed E-state index contributed by atoms with van der Waals surface area (Å²) in [4.78, 5) is -0.435. The number of hydrogen-bond acceptors (Lipinski definition) is 7. The SMILES string of the molecule is CC[N+](CC)(CC)CC.CC[N+](CC)(CC)CC.N#CC(=S)C([S-])=C=[N-].N#CC(=S)C([S-])=C=[N-].[O]=[W]. The molecule has 36 heavy (non-hydrogen) atoms. The zero-order valence-electron chi connectivity index (χ0n) is 22.8. The standard InChI is InChI=1S/2C8H20N.2C4HN2S2.O.W/c2*1-5-9(6-2,7-3)8-4;2*5-1-3(7)4(8)2-6;;/h2*5-8H2,1-4H3;2*7H;;/q2*+1;2*-1;;/p-2. The van der Waals surface area contributed by atoms with Gasteiger partial charge in [-0.3, -0.25) is 11.7 Å². The molecule has 0 saturated carbocycles. The summed E-state index contributed by atoms with van der Waals surface area (Å²) in [5.74, 6) is 3.17. The first-order valence-corrected chi connectivity index (χ1v) is 14.4. The van der Waals surface area contributed by atoms with Crippen LogP contribution in [0.3, 0.4) is 0 Å². The van der Waals surface area contributed by atoms with E-state index in [9.17, 15) is 0 Å². The van der Waals surface area contributed by atoms with Gasteiger partial charge in [-0.05, 0) is 55.4 Å². The van der Waals surface area contributed by atoms with Gasteiger partial charge in [0.1, 0.15) is 21.9 Å². The predicted octanol–water partition coefficient (Wildman–Crippen LogP) is 4.74. The van der Waals surface area contributed by atoms with Crippen LogP contribution in [0.4, 0.5) is 0 Å². The number of nitriles is 2. The summed E-state index contributed by atoms with van der Waals surface area (Å²) in [7, 11) is 0. The minimum atomic E-state index is -0.109. The van der Waals surface area contributed by atoms with E-state index in [1.807, 2.05) is 0 Å². The normalized spacial score (nSPS) is 8.94. The molecule has 0 aromatic rings. The second kappa shape index (κ2) is 30.1. The number of allylic oxidation sites excluding steroid dienone is 2. The summed E-state index contributed by atoms with van der Waals surface area (Å²) in [5, 5.41) is 32.0. The number of hydrogen-bond donors (Lipinski definition) is 0. The molecule has 204 valence electrons. The van der Waals surface area contributed by atoms with Crippen LogP contribution in [0.2, 0.25) is 0 Å². The Bertz CT molecular complexity index is 701. The van der Waals surface area contributed by atoms with Crippen molar-refractivity contribution in [2.24, 2.45) is 0 Å². The van der Waals surface area contributed by atoms with Crippen LogP contribution in [0, 0.1) is 22.7 Å². The molecule has 0 saturated heterocycles. The van der Waals surface area contributed by atoms with Crippen LogP contribution in [0.1, 0.15) is 55.4 Å². The molecule has 0 aliphatic rings. The van der Waals surface area contributed by atoms with Crippen LogP contribution in [0.5, 0.6) is 0 Å². The number of thiocarbonyl (C=S) groups is 2. The van der Waals surface area contributed by atoms with E-state index >= 15 is 0 Å². The van der Waals surface area contributed by atoms with Crippen molar-refractivity contribution < 1.29 is 32.1 Å². The Balaban J connectivity index is -0.000000116. The molecule has 0 bridgehead atoms. The Morgan fingerprint density at radius 3 is 0.833 bits per heavy atom. The Hall–Kier alpha value is -1.09. The van der Waals surface area contributed by atoms with Crippen molar-refractivity contribution in [1.82, 2.24) is 0 Å². The van der Waals surface area contributed by atoms with Crippen LogP contribution in [-0.2, 0) is 48.4 Å². The van der Waals surface area contributed by atoms with E-state index in [2.05, 4.69) is 105 Å². The maximum atomic E-state index is 8.33. The van der Waals surface area contributed by atoms with Crippen LogP contribution in [0.15, 0.2) is 9.81 Å². The van der Waals surface area contributed by atoms with Crippen molar-refractivity contribution in [1.29, 1.82) is 10.5 Å².